The lowest BCUT2D eigenvalue weighted by Crippen LogP contribution is -2.28. The van der Waals surface area contributed by atoms with Gasteiger partial charge in [-0.15, -0.1) is 0 Å². The van der Waals surface area contributed by atoms with Crippen molar-refractivity contribution in [3.63, 3.8) is 0 Å². The Morgan fingerprint density at radius 3 is 2.53 bits per heavy atom. The number of ether oxygens (including phenoxy) is 1. The lowest BCUT2D eigenvalue weighted by Gasteiger charge is -2.22. The molecule has 0 spiro atoms. The second-order valence-electron chi connectivity index (χ2n) is 4.75. The van der Waals surface area contributed by atoms with Crippen molar-refractivity contribution in [1.82, 2.24) is 5.32 Å². The zero-order chi connectivity index (χ0) is 12.7. The van der Waals surface area contributed by atoms with Crippen molar-refractivity contribution in [3.8, 4) is 0 Å². The van der Waals surface area contributed by atoms with E-state index in [1.807, 2.05) is 0 Å². The molecule has 0 aliphatic rings. The van der Waals surface area contributed by atoms with Crippen LogP contribution in [0.25, 0.3) is 0 Å². The van der Waals surface area contributed by atoms with Crippen molar-refractivity contribution in [2.75, 3.05) is 13.2 Å². The van der Waals surface area contributed by atoms with E-state index in [1.165, 1.54) is 11.1 Å². The molecule has 2 heteroatoms. The van der Waals surface area contributed by atoms with E-state index in [2.05, 4.69) is 57.3 Å². The first-order chi connectivity index (χ1) is 8.15. The van der Waals surface area contributed by atoms with Crippen LogP contribution < -0.4 is 5.32 Å². The zero-order valence-corrected chi connectivity index (χ0v) is 11.5. The molecule has 0 saturated heterocycles. The summed E-state index contributed by atoms with van der Waals surface area (Å²) in [5, 5.41) is 3.56. The van der Waals surface area contributed by atoms with E-state index in [-0.39, 0.29) is 6.10 Å². The first-order valence-electron chi connectivity index (χ1n) is 6.55. The fourth-order valence-electron chi connectivity index (χ4n) is 1.84. The molecule has 0 bridgehead atoms. The van der Waals surface area contributed by atoms with Crippen LogP contribution in [0.15, 0.2) is 24.3 Å². The molecular formula is C15H25NO. The maximum absolute atomic E-state index is 5.75. The summed E-state index contributed by atoms with van der Waals surface area (Å²) >= 11 is 0. The van der Waals surface area contributed by atoms with Gasteiger partial charge < -0.3 is 10.1 Å². The SMILES string of the molecule is CCCNC(COC(C)C)c1ccccc1C. The predicted octanol–water partition coefficient (Wildman–Crippen LogP) is 3.46. The predicted molar refractivity (Wildman–Crippen MR) is 73.3 cm³/mol. The first-order valence-corrected chi connectivity index (χ1v) is 6.55. The lowest BCUT2D eigenvalue weighted by atomic mass is 10.0. The molecule has 1 aromatic rings. The molecule has 1 atom stereocenters. The topological polar surface area (TPSA) is 21.3 Å². The number of hydrogen-bond acceptors (Lipinski definition) is 2. The second kappa shape index (κ2) is 7.46. The summed E-state index contributed by atoms with van der Waals surface area (Å²) in [5.41, 5.74) is 2.68. The molecule has 17 heavy (non-hydrogen) atoms. The molecule has 0 amide bonds. The van der Waals surface area contributed by atoms with Crippen LogP contribution in [-0.2, 0) is 4.74 Å². The van der Waals surface area contributed by atoms with Crippen molar-refractivity contribution < 1.29 is 4.74 Å². The number of rotatable bonds is 7. The van der Waals surface area contributed by atoms with Crippen LogP contribution in [-0.4, -0.2) is 19.3 Å². The molecule has 0 heterocycles. The second-order valence-corrected chi connectivity index (χ2v) is 4.75. The third-order valence-corrected chi connectivity index (χ3v) is 2.80. The van der Waals surface area contributed by atoms with Gasteiger partial charge in [-0.1, -0.05) is 31.2 Å². The molecule has 0 saturated carbocycles. The van der Waals surface area contributed by atoms with Gasteiger partial charge in [-0.05, 0) is 44.9 Å². The van der Waals surface area contributed by atoms with E-state index in [0.29, 0.717) is 6.04 Å². The highest BCUT2D eigenvalue weighted by Crippen LogP contribution is 2.18. The Hall–Kier alpha value is -0.860. The van der Waals surface area contributed by atoms with E-state index in [9.17, 15) is 0 Å². The molecule has 1 rings (SSSR count). The third-order valence-electron chi connectivity index (χ3n) is 2.80. The highest BCUT2D eigenvalue weighted by Gasteiger charge is 2.13. The van der Waals surface area contributed by atoms with Gasteiger partial charge in [-0.2, -0.15) is 0 Å². The Labute approximate surface area is 105 Å². The summed E-state index contributed by atoms with van der Waals surface area (Å²) in [7, 11) is 0. The molecular weight excluding hydrogens is 210 g/mol. The van der Waals surface area contributed by atoms with Crippen LogP contribution in [0.4, 0.5) is 0 Å². The standard InChI is InChI=1S/C15H25NO/c1-5-10-16-15(11-17-12(2)3)14-9-7-6-8-13(14)4/h6-9,12,15-16H,5,10-11H2,1-4H3. The Bertz CT molecular complexity index is 322. The van der Waals surface area contributed by atoms with E-state index in [1.54, 1.807) is 0 Å². The van der Waals surface area contributed by atoms with Crippen LogP contribution in [0, 0.1) is 6.92 Å². The quantitative estimate of drug-likeness (QED) is 0.781. The Balaban J connectivity index is 2.71. The Kier molecular flexibility index (Phi) is 6.23. The Morgan fingerprint density at radius 1 is 1.24 bits per heavy atom. The van der Waals surface area contributed by atoms with Gasteiger partial charge in [0.05, 0.1) is 18.8 Å². The highest BCUT2D eigenvalue weighted by molar-refractivity contribution is 5.28. The van der Waals surface area contributed by atoms with Gasteiger partial charge in [0.1, 0.15) is 0 Å². The van der Waals surface area contributed by atoms with Crippen molar-refractivity contribution in [2.45, 2.75) is 46.3 Å². The molecule has 0 aliphatic heterocycles. The average Bonchev–Trinajstić information content (AvgIpc) is 2.30. The monoisotopic (exact) mass is 235 g/mol. The minimum absolute atomic E-state index is 0.282. The maximum Gasteiger partial charge on any atom is 0.0665 e. The summed E-state index contributed by atoms with van der Waals surface area (Å²) in [6.07, 6.45) is 1.43. The molecule has 96 valence electrons. The molecule has 0 aliphatic carbocycles. The molecule has 0 radical (unpaired) electrons. The summed E-state index contributed by atoms with van der Waals surface area (Å²) in [6, 6.07) is 8.83. The summed E-state index contributed by atoms with van der Waals surface area (Å²) in [4.78, 5) is 0. The van der Waals surface area contributed by atoms with Gasteiger partial charge >= 0.3 is 0 Å². The van der Waals surface area contributed by atoms with Gasteiger partial charge in [0.25, 0.3) is 0 Å². The molecule has 1 aromatic carbocycles. The van der Waals surface area contributed by atoms with Gasteiger partial charge in [0, 0.05) is 0 Å². The van der Waals surface area contributed by atoms with E-state index >= 15 is 0 Å². The molecule has 0 fully saturated rings. The van der Waals surface area contributed by atoms with E-state index < -0.39 is 0 Å². The van der Waals surface area contributed by atoms with Crippen molar-refractivity contribution in [2.24, 2.45) is 0 Å². The van der Waals surface area contributed by atoms with Crippen LogP contribution in [0.1, 0.15) is 44.4 Å². The van der Waals surface area contributed by atoms with Gasteiger partial charge in [-0.25, -0.2) is 0 Å². The summed E-state index contributed by atoms with van der Waals surface area (Å²) in [5.74, 6) is 0. The summed E-state index contributed by atoms with van der Waals surface area (Å²) < 4.78 is 5.75. The number of benzene rings is 1. The largest absolute Gasteiger partial charge is 0.377 e. The Morgan fingerprint density at radius 2 is 1.94 bits per heavy atom. The average molecular weight is 235 g/mol. The molecule has 2 nitrogen and oxygen atoms in total. The summed E-state index contributed by atoms with van der Waals surface area (Å²) in [6.45, 7) is 10.3. The minimum Gasteiger partial charge on any atom is -0.377 e. The lowest BCUT2D eigenvalue weighted by molar-refractivity contribution is 0.0610. The number of aryl methyl sites for hydroxylation is 1. The smallest absolute Gasteiger partial charge is 0.0665 e. The highest BCUT2D eigenvalue weighted by atomic mass is 16.5. The minimum atomic E-state index is 0.282. The van der Waals surface area contributed by atoms with Crippen LogP contribution in [0.3, 0.4) is 0 Å². The zero-order valence-electron chi connectivity index (χ0n) is 11.5. The number of nitrogens with one attached hydrogen (secondary N) is 1. The number of hydrogen-bond donors (Lipinski definition) is 1. The van der Waals surface area contributed by atoms with Crippen molar-refractivity contribution in [1.29, 1.82) is 0 Å². The van der Waals surface area contributed by atoms with Gasteiger partial charge in [-0.3, -0.25) is 0 Å². The fourth-order valence-corrected chi connectivity index (χ4v) is 1.84. The first kappa shape index (κ1) is 14.2. The molecule has 1 N–H and O–H groups in total. The van der Waals surface area contributed by atoms with Crippen LogP contribution >= 0.6 is 0 Å². The maximum atomic E-state index is 5.75. The third kappa shape index (κ3) is 4.88. The van der Waals surface area contributed by atoms with Crippen molar-refractivity contribution in [3.05, 3.63) is 35.4 Å². The van der Waals surface area contributed by atoms with Crippen molar-refractivity contribution >= 4 is 0 Å². The molecule has 0 aromatic heterocycles. The molecule has 1 unspecified atom stereocenters. The fraction of sp³-hybridized carbons (Fsp3) is 0.600. The van der Waals surface area contributed by atoms with E-state index in [4.69, 9.17) is 4.74 Å². The van der Waals surface area contributed by atoms with Crippen LogP contribution in [0.5, 0.6) is 0 Å². The van der Waals surface area contributed by atoms with Gasteiger partial charge in [0.15, 0.2) is 0 Å². The van der Waals surface area contributed by atoms with Crippen LogP contribution in [0.2, 0.25) is 0 Å². The van der Waals surface area contributed by atoms with E-state index in [0.717, 1.165) is 19.6 Å². The van der Waals surface area contributed by atoms with Gasteiger partial charge in [0.2, 0.25) is 0 Å². The normalized spacial score (nSPS) is 13.0.